The first-order valence-electron chi connectivity index (χ1n) is 6.93. The van der Waals surface area contributed by atoms with Gasteiger partial charge >= 0.3 is 0 Å². The highest BCUT2D eigenvalue weighted by molar-refractivity contribution is 5.94. The number of nitrogen functional groups attached to an aromatic ring is 1. The number of nitrogens with one attached hydrogen (secondary N) is 1. The number of nitrogens with two attached hydrogens (primary N) is 1. The molecule has 0 saturated carbocycles. The molecule has 1 aromatic carbocycles. The summed E-state index contributed by atoms with van der Waals surface area (Å²) in [5.41, 5.74) is 7.93. The minimum Gasteiger partial charge on any atom is -0.396 e. The van der Waals surface area contributed by atoms with Gasteiger partial charge in [-0.1, -0.05) is 0 Å². The molecule has 110 valence electrons. The summed E-state index contributed by atoms with van der Waals surface area (Å²) < 4.78 is 15.3. The molecule has 0 saturated heterocycles. The molecule has 1 aliphatic carbocycles. The van der Waals surface area contributed by atoms with Gasteiger partial charge in [0.15, 0.2) is 0 Å². The van der Waals surface area contributed by atoms with E-state index in [-0.39, 0.29) is 23.2 Å². The number of aromatic nitrogens is 2. The second-order valence-electron chi connectivity index (χ2n) is 5.32. The number of carbonyl (C=O) groups is 1. The first-order chi connectivity index (χ1) is 10.1. The molecule has 3 N–H and O–H groups in total. The van der Waals surface area contributed by atoms with Crippen molar-refractivity contribution < 1.29 is 9.18 Å². The number of anilines is 1. The van der Waals surface area contributed by atoms with Gasteiger partial charge in [-0.15, -0.1) is 0 Å². The maximum atomic E-state index is 13.4. The molecular weight excluding hydrogens is 271 g/mol. The summed E-state index contributed by atoms with van der Waals surface area (Å²) in [5.74, 6) is -0.871. The normalized spacial score (nSPS) is 17.3. The predicted molar refractivity (Wildman–Crippen MR) is 77.2 cm³/mol. The number of halogens is 1. The highest BCUT2D eigenvalue weighted by atomic mass is 19.1. The Kier molecular flexibility index (Phi) is 3.37. The van der Waals surface area contributed by atoms with Gasteiger partial charge in [-0.05, 0) is 37.5 Å². The molecule has 0 radical (unpaired) electrons. The number of hydrogen-bond acceptors (Lipinski definition) is 3. The Labute approximate surface area is 121 Å². The number of amides is 1. The Balaban J connectivity index is 1.81. The highest BCUT2D eigenvalue weighted by Gasteiger charge is 2.25. The summed E-state index contributed by atoms with van der Waals surface area (Å²) >= 11 is 0. The van der Waals surface area contributed by atoms with Crippen LogP contribution in [0.5, 0.6) is 0 Å². The highest BCUT2D eigenvalue weighted by Crippen LogP contribution is 2.29. The van der Waals surface area contributed by atoms with Crippen molar-refractivity contribution in [3.05, 3.63) is 47.0 Å². The summed E-state index contributed by atoms with van der Waals surface area (Å²) in [6, 6.07) is 4.02. The van der Waals surface area contributed by atoms with Crippen LogP contribution >= 0.6 is 0 Å². The van der Waals surface area contributed by atoms with E-state index in [4.69, 9.17) is 5.73 Å². The Morgan fingerprint density at radius 2 is 2.33 bits per heavy atom. The van der Waals surface area contributed by atoms with E-state index in [1.807, 2.05) is 11.7 Å². The van der Waals surface area contributed by atoms with E-state index in [0.717, 1.165) is 36.6 Å². The topological polar surface area (TPSA) is 72.9 Å². The molecule has 0 aliphatic heterocycles. The summed E-state index contributed by atoms with van der Waals surface area (Å²) in [6.07, 6.45) is 4.62. The fourth-order valence-corrected chi connectivity index (χ4v) is 2.77. The maximum Gasteiger partial charge on any atom is 0.251 e. The molecule has 3 rings (SSSR count). The molecule has 1 aliphatic rings. The van der Waals surface area contributed by atoms with Gasteiger partial charge < -0.3 is 11.1 Å². The summed E-state index contributed by atoms with van der Waals surface area (Å²) in [4.78, 5) is 12.2. The zero-order valence-electron chi connectivity index (χ0n) is 11.8. The Morgan fingerprint density at radius 3 is 3.10 bits per heavy atom. The van der Waals surface area contributed by atoms with Crippen LogP contribution in [0.1, 0.15) is 40.5 Å². The average molecular weight is 288 g/mol. The Morgan fingerprint density at radius 1 is 1.52 bits per heavy atom. The van der Waals surface area contributed by atoms with Crippen molar-refractivity contribution >= 4 is 11.6 Å². The fourth-order valence-electron chi connectivity index (χ4n) is 2.77. The second-order valence-corrected chi connectivity index (χ2v) is 5.32. The van der Waals surface area contributed by atoms with E-state index >= 15 is 0 Å². The molecule has 1 unspecified atom stereocenters. The lowest BCUT2D eigenvalue weighted by Crippen LogP contribution is -2.31. The number of nitrogens with zero attached hydrogens (tertiary/aromatic N) is 2. The monoisotopic (exact) mass is 288 g/mol. The zero-order chi connectivity index (χ0) is 15.0. The minimum atomic E-state index is -0.576. The smallest absolute Gasteiger partial charge is 0.251 e. The quantitative estimate of drug-likeness (QED) is 0.830. The lowest BCUT2D eigenvalue weighted by atomic mass is 9.92. The molecule has 5 nitrogen and oxygen atoms in total. The van der Waals surface area contributed by atoms with Gasteiger partial charge in [-0.25, -0.2) is 4.39 Å². The number of rotatable bonds is 2. The second kappa shape index (κ2) is 5.20. The van der Waals surface area contributed by atoms with Crippen LogP contribution in [0.15, 0.2) is 24.4 Å². The SMILES string of the molecule is Cn1ncc2c1CCCC2NC(=O)c1ccc(N)c(F)c1. The van der Waals surface area contributed by atoms with E-state index in [9.17, 15) is 9.18 Å². The van der Waals surface area contributed by atoms with Crippen molar-refractivity contribution in [3.63, 3.8) is 0 Å². The van der Waals surface area contributed by atoms with Gasteiger partial charge in [-0.3, -0.25) is 9.48 Å². The molecule has 0 fully saturated rings. The summed E-state index contributed by atoms with van der Waals surface area (Å²) in [5, 5.41) is 7.19. The first kappa shape index (κ1) is 13.6. The van der Waals surface area contributed by atoms with E-state index in [1.54, 1.807) is 6.20 Å². The third-order valence-corrected chi connectivity index (χ3v) is 3.94. The van der Waals surface area contributed by atoms with Crippen LogP contribution in [0.2, 0.25) is 0 Å². The zero-order valence-corrected chi connectivity index (χ0v) is 11.8. The predicted octanol–water partition coefficient (Wildman–Crippen LogP) is 1.95. The number of carbonyl (C=O) groups excluding carboxylic acids is 1. The van der Waals surface area contributed by atoms with Crippen molar-refractivity contribution in [1.82, 2.24) is 15.1 Å². The molecule has 1 amide bonds. The average Bonchev–Trinajstić information content (AvgIpc) is 2.85. The van der Waals surface area contributed by atoms with Gasteiger partial charge in [0, 0.05) is 23.9 Å². The Hall–Kier alpha value is -2.37. The van der Waals surface area contributed by atoms with Crippen LogP contribution in [0.3, 0.4) is 0 Å². The number of aryl methyl sites for hydroxylation is 1. The van der Waals surface area contributed by atoms with Gasteiger partial charge in [0.1, 0.15) is 5.82 Å². The lowest BCUT2D eigenvalue weighted by molar-refractivity contribution is 0.0932. The van der Waals surface area contributed by atoms with Crippen LogP contribution in [-0.4, -0.2) is 15.7 Å². The van der Waals surface area contributed by atoms with Gasteiger partial charge in [-0.2, -0.15) is 5.10 Å². The van der Waals surface area contributed by atoms with Crippen LogP contribution in [0.25, 0.3) is 0 Å². The molecule has 1 aromatic heterocycles. The molecular formula is C15H17FN4O. The van der Waals surface area contributed by atoms with Crippen LogP contribution in [0, 0.1) is 5.82 Å². The van der Waals surface area contributed by atoms with Crippen molar-refractivity contribution in [3.8, 4) is 0 Å². The van der Waals surface area contributed by atoms with Crippen LogP contribution < -0.4 is 11.1 Å². The van der Waals surface area contributed by atoms with Crippen LogP contribution in [-0.2, 0) is 13.5 Å². The third-order valence-electron chi connectivity index (χ3n) is 3.94. The van der Waals surface area contributed by atoms with Crippen molar-refractivity contribution in [2.75, 3.05) is 5.73 Å². The summed E-state index contributed by atoms with van der Waals surface area (Å²) in [6.45, 7) is 0. The number of hydrogen-bond donors (Lipinski definition) is 2. The van der Waals surface area contributed by atoms with Crippen molar-refractivity contribution in [2.24, 2.45) is 7.05 Å². The van der Waals surface area contributed by atoms with E-state index < -0.39 is 5.82 Å². The lowest BCUT2D eigenvalue weighted by Gasteiger charge is -2.23. The van der Waals surface area contributed by atoms with E-state index in [0.29, 0.717) is 0 Å². The van der Waals surface area contributed by atoms with Gasteiger partial charge in [0.25, 0.3) is 5.91 Å². The molecule has 0 bridgehead atoms. The summed E-state index contributed by atoms with van der Waals surface area (Å²) in [7, 11) is 1.90. The minimum absolute atomic E-state index is 0.0405. The molecule has 1 atom stereocenters. The largest absolute Gasteiger partial charge is 0.396 e. The third kappa shape index (κ3) is 2.49. The first-order valence-corrected chi connectivity index (χ1v) is 6.93. The van der Waals surface area contributed by atoms with Gasteiger partial charge in [0.05, 0.1) is 17.9 Å². The van der Waals surface area contributed by atoms with Gasteiger partial charge in [0.2, 0.25) is 0 Å². The van der Waals surface area contributed by atoms with Crippen molar-refractivity contribution in [1.29, 1.82) is 0 Å². The molecule has 1 heterocycles. The number of benzene rings is 1. The maximum absolute atomic E-state index is 13.4. The molecule has 0 spiro atoms. The Bertz CT molecular complexity index is 695. The number of fused-ring (bicyclic) bond motifs is 1. The molecule has 2 aromatic rings. The standard InChI is InChI=1S/C15H17FN4O/c1-20-14-4-2-3-13(10(14)8-18-20)19-15(21)9-5-6-12(17)11(16)7-9/h5-8,13H,2-4,17H2,1H3,(H,19,21). The van der Waals surface area contributed by atoms with E-state index in [2.05, 4.69) is 10.4 Å². The van der Waals surface area contributed by atoms with Crippen molar-refractivity contribution in [2.45, 2.75) is 25.3 Å². The molecule has 21 heavy (non-hydrogen) atoms. The fraction of sp³-hybridized carbons (Fsp3) is 0.333. The molecule has 6 heteroatoms. The van der Waals surface area contributed by atoms with Crippen LogP contribution in [0.4, 0.5) is 10.1 Å². The van der Waals surface area contributed by atoms with E-state index in [1.165, 1.54) is 12.1 Å².